The largest absolute Gasteiger partial charge is 0.394 e. The Morgan fingerprint density at radius 1 is 0.674 bits per heavy atom. The highest BCUT2D eigenvalue weighted by atomic mass is 16.7. The zero-order valence-electron chi connectivity index (χ0n) is 29.2. The molecule has 46 heavy (non-hydrogen) atoms. The summed E-state index contributed by atoms with van der Waals surface area (Å²) >= 11 is 0. The summed E-state index contributed by atoms with van der Waals surface area (Å²) in [5.74, 6) is -0.262. The maximum atomic E-state index is 12.8. The second-order valence-corrected chi connectivity index (χ2v) is 13.5. The molecule has 1 fully saturated rings. The normalized spacial score (nSPS) is 23.7. The number of aliphatic hydroxyl groups excluding tert-OH is 6. The Morgan fingerprint density at radius 2 is 1.13 bits per heavy atom. The number of aliphatic hydroxyl groups is 6. The van der Waals surface area contributed by atoms with E-state index in [1.807, 2.05) is 0 Å². The first kappa shape index (κ1) is 43.2. The molecule has 0 saturated carbocycles. The molecule has 0 aromatic heterocycles. The average molecular weight is 662 g/mol. The first-order valence-electron chi connectivity index (χ1n) is 18.8. The van der Waals surface area contributed by atoms with E-state index in [2.05, 4.69) is 19.2 Å². The molecular formula is C36H71NO9. The molecule has 1 saturated heterocycles. The van der Waals surface area contributed by atoms with Crippen LogP contribution in [0.5, 0.6) is 0 Å². The van der Waals surface area contributed by atoms with Gasteiger partial charge in [0.25, 0.3) is 0 Å². The van der Waals surface area contributed by atoms with E-state index in [4.69, 9.17) is 9.47 Å². The van der Waals surface area contributed by atoms with E-state index in [9.17, 15) is 35.4 Å². The Morgan fingerprint density at radius 3 is 1.61 bits per heavy atom. The summed E-state index contributed by atoms with van der Waals surface area (Å²) in [6.07, 6.45) is 15.5. The highest BCUT2D eigenvalue weighted by molar-refractivity contribution is 5.76. The molecule has 7 N–H and O–H groups in total. The van der Waals surface area contributed by atoms with Crippen molar-refractivity contribution in [2.24, 2.45) is 0 Å². The Hall–Kier alpha value is -0.850. The van der Waals surface area contributed by atoms with Crippen LogP contribution < -0.4 is 5.32 Å². The molecule has 274 valence electrons. The lowest BCUT2D eigenvalue weighted by Crippen LogP contribution is -2.60. The third-order valence-corrected chi connectivity index (χ3v) is 9.30. The quantitative estimate of drug-likeness (QED) is 0.0523. The predicted molar refractivity (Wildman–Crippen MR) is 181 cm³/mol. The lowest BCUT2D eigenvalue weighted by atomic mass is 9.98. The molecule has 10 nitrogen and oxygen atoms in total. The minimum atomic E-state index is -1.60. The van der Waals surface area contributed by atoms with Crippen molar-refractivity contribution in [3.8, 4) is 0 Å². The Kier molecular flexibility index (Phi) is 26.3. The number of ether oxygens (including phenoxy) is 2. The molecule has 10 heteroatoms. The molecule has 0 aromatic carbocycles. The Balaban J connectivity index is 2.51. The van der Waals surface area contributed by atoms with E-state index in [1.54, 1.807) is 0 Å². The molecule has 1 heterocycles. The number of rotatable bonds is 30. The van der Waals surface area contributed by atoms with Crippen LogP contribution in [0.3, 0.4) is 0 Å². The van der Waals surface area contributed by atoms with Gasteiger partial charge >= 0.3 is 0 Å². The van der Waals surface area contributed by atoms with Crippen molar-refractivity contribution in [1.82, 2.24) is 5.32 Å². The summed E-state index contributed by atoms with van der Waals surface area (Å²) in [5.41, 5.74) is 0. The minimum Gasteiger partial charge on any atom is -0.394 e. The van der Waals surface area contributed by atoms with Gasteiger partial charge in [0.05, 0.1) is 25.4 Å². The number of hydrogen-bond acceptors (Lipinski definition) is 9. The smallest absolute Gasteiger partial charge is 0.220 e. The summed E-state index contributed by atoms with van der Waals surface area (Å²) < 4.78 is 11.1. The van der Waals surface area contributed by atoms with Gasteiger partial charge < -0.3 is 45.4 Å². The first-order chi connectivity index (χ1) is 22.3. The molecular weight excluding hydrogens is 590 g/mol. The van der Waals surface area contributed by atoms with E-state index in [0.29, 0.717) is 6.42 Å². The fourth-order valence-corrected chi connectivity index (χ4v) is 6.14. The van der Waals surface area contributed by atoms with Crippen LogP contribution in [0, 0.1) is 0 Å². The summed E-state index contributed by atoms with van der Waals surface area (Å²) in [5, 5.41) is 64.6. The van der Waals surface area contributed by atoms with Gasteiger partial charge in [-0.3, -0.25) is 4.79 Å². The van der Waals surface area contributed by atoms with Gasteiger partial charge in [-0.2, -0.15) is 0 Å². The van der Waals surface area contributed by atoms with Gasteiger partial charge in [-0.1, -0.05) is 142 Å². The topological polar surface area (TPSA) is 169 Å². The number of hydrogen-bond donors (Lipinski definition) is 7. The van der Waals surface area contributed by atoms with Crippen LogP contribution in [0.4, 0.5) is 0 Å². The van der Waals surface area contributed by atoms with Crippen molar-refractivity contribution in [1.29, 1.82) is 0 Å². The molecule has 0 aliphatic carbocycles. The molecule has 0 aromatic rings. The molecule has 0 bridgehead atoms. The molecule has 1 rings (SSSR count). The number of amides is 1. The highest BCUT2D eigenvalue weighted by Gasteiger charge is 2.44. The van der Waals surface area contributed by atoms with Gasteiger partial charge in [0, 0.05) is 6.42 Å². The van der Waals surface area contributed by atoms with E-state index < -0.39 is 55.6 Å². The van der Waals surface area contributed by atoms with Crippen LogP contribution in [0.1, 0.15) is 162 Å². The molecule has 2 unspecified atom stereocenters. The lowest BCUT2D eigenvalue weighted by Gasteiger charge is -2.40. The van der Waals surface area contributed by atoms with Gasteiger partial charge in [-0.15, -0.1) is 0 Å². The summed E-state index contributed by atoms with van der Waals surface area (Å²) in [6, 6.07) is -0.981. The van der Waals surface area contributed by atoms with E-state index in [1.165, 1.54) is 83.5 Å². The van der Waals surface area contributed by atoms with Crippen molar-refractivity contribution in [2.75, 3.05) is 13.2 Å². The van der Waals surface area contributed by atoms with E-state index in [0.717, 1.165) is 51.4 Å². The fraction of sp³-hybridized carbons (Fsp3) is 0.972. The van der Waals surface area contributed by atoms with Crippen molar-refractivity contribution in [2.45, 2.75) is 210 Å². The molecule has 8 atom stereocenters. The average Bonchev–Trinajstić information content (AvgIpc) is 3.05. The Bertz CT molecular complexity index is 713. The van der Waals surface area contributed by atoms with Gasteiger partial charge in [0.15, 0.2) is 6.29 Å². The van der Waals surface area contributed by atoms with Crippen molar-refractivity contribution >= 4 is 5.91 Å². The van der Waals surface area contributed by atoms with Crippen LogP contribution in [0.25, 0.3) is 0 Å². The van der Waals surface area contributed by atoms with Gasteiger partial charge in [-0.25, -0.2) is 0 Å². The van der Waals surface area contributed by atoms with Gasteiger partial charge in [0.2, 0.25) is 5.91 Å². The van der Waals surface area contributed by atoms with E-state index in [-0.39, 0.29) is 18.9 Å². The van der Waals surface area contributed by atoms with Crippen molar-refractivity contribution in [3.63, 3.8) is 0 Å². The van der Waals surface area contributed by atoms with Crippen LogP contribution in [0.15, 0.2) is 0 Å². The third-order valence-electron chi connectivity index (χ3n) is 9.30. The first-order valence-corrected chi connectivity index (χ1v) is 18.8. The van der Waals surface area contributed by atoms with Gasteiger partial charge in [-0.05, 0) is 12.8 Å². The van der Waals surface area contributed by atoms with Crippen molar-refractivity contribution < 1.29 is 44.9 Å². The second-order valence-electron chi connectivity index (χ2n) is 13.5. The molecule has 1 amide bonds. The van der Waals surface area contributed by atoms with Crippen LogP contribution in [-0.2, 0) is 14.3 Å². The highest BCUT2D eigenvalue weighted by Crippen LogP contribution is 2.23. The SMILES string of the molecule is CCCCCCCCCCCCCC[C@@H](O)[C@@H](O)[C@H](CO[C@@H]1O[C@H](CO)[C@H](O)C(O)C1O)NC(=O)CCCCCCCCCCC. The molecule has 1 aliphatic heterocycles. The lowest BCUT2D eigenvalue weighted by molar-refractivity contribution is -0.303. The number of carbonyl (C=O) groups excluding carboxylic acids is 1. The summed E-state index contributed by atoms with van der Waals surface area (Å²) in [7, 11) is 0. The van der Waals surface area contributed by atoms with Crippen LogP contribution in [0.2, 0.25) is 0 Å². The fourth-order valence-electron chi connectivity index (χ4n) is 6.14. The van der Waals surface area contributed by atoms with Crippen LogP contribution in [-0.4, -0.2) is 98.7 Å². The Labute approximate surface area is 279 Å². The predicted octanol–water partition coefficient (Wildman–Crippen LogP) is 5.02. The second kappa shape index (κ2) is 28.0. The standard InChI is InChI=1S/C36H71NO9/c1-3-5-7-9-11-13-14-15-17-18-20-22-24-29(39)32(41)28(27-45-36-35(44)34(43)33(42)30(26-38)46-36)37-31(40)25-23-21-19-16-12-10-8-6-4-2/h28-30,32-36,38-39,41-44H,3-27H2,1-2H3,(H,37,40)/t28-,29+,30+,32-,33-,34?,35?,36+/m0/s1. The van der Waals surface area contributed by atoms with Gasteiger partial charge in [0.1, 0.15) is 30.5 Å². The maximum Gasteiger partial charge on any atom is 0.220 e. The monoisotopic (exact) mass is 662 g/mol. The maximum absolute atomic E-state index is 12.8. The summed E-state index contributed by atoms with van der Waals surface area (Å²) in [6.45, 7) is 3.54. The minimum absolute atomic E-state index is 0.262. The summed E-state index contributed by atoms with van der Waals surface area (Å²) in [4.78, 5) is 12.8. The number of unbranched alkanes of at least 4 members (excludes halogenated alkanes) is 19. The van der Waals surface area contributed by atoms with E-state index >= 15 is 0 Å². The zero-order valence-corrected chi connectivity index (χ0v) is 29.2. The van der Waals surface area contributed by atoms with Crippen molar-refractivity contribution in [3.05, 3.63) is 0 Å². The molecule has 1 aliphatic rings. The molecule has 0 spiro atoms. The number of carbonyl (C=O) groups is 1. The van der Waals surface area contributed by atoms with Crippen LogP contribution >= 0.6 is 0 Å². The third kappa shape index (κ3) is 19.2. The number of nitrogens with one attached hydrogen (secondary N) is 1. The molecule has 0 radical (unpaired) electrons. The zero-order chi connectivity index (χ0) is 34.0.